The van der Waals surface area contributed by atoms with Gasteiger partial charge >= 0.3 is 0 Å². The van der Waals surface area contributed by atoms with Gasteiger partial charge in [0.05, 0.1) is 0 Å². The second kappa shape index (κ2) is 8.29. The summed E-state index contributed by atoms with van der Waals surface area (Å²) >= 11 is 6.00. The zero-order chi connectivity index (χ0) is 20.2. The van der Waals surface area contributed by atoms with Crippen LogP contribution >= 0.6 is 11.6 Å². The number of Topliss-reactive ketones (excluding diaryl/α,β-unsaturated/α-hetero) is 1. The van der Waals surface area contributed by atoms with Gasteiger partial charge in [0.1, 0.15) is 5.69 Å². The molecule has 3 aromatic carbocycles. The molecule has 0 saturated heterocycles. The minimum atomic E-state index is -0.542. The first-order valence-corrected chi connectivity index (χ1v) is 9.63. The summed E-state index contributed by atoms with van der Waals surface area (Å²) in [5.74, 6) is -0.542. The SMILES string of the molecule is O=CC(=O)c1c(-c2ccccc2)c(-c2ccccc2)cn1Cc1ccc(Cl)cc1. The number of halogens is 1. The molecule has 0 spiro atoms. The van der Waals surface area contributed by atoms with E-state index in [2.05, 4.69) is 0 Å². The van der Waals surface area contributed by atoms with E-state index in [-0.39, 0.29) is 0 Å². The Bertz CT molecular complexity index is 1150. The highest BCUT2D eigenvalue weighted by Crippen LogP contribution is 2.37. The summed E-state index contributed by atoms with van der Waals surface area (Å²) in [7, 11) is 0. The van der Waals surface area contributed by atoms with Crippen molar-refractivity contribution in [3.8, 4) is 22.3 Å². The molecular weight excluding hydrogens is 382 g/mol. The lowest BCUT2D eigenvalue weighted by molar-refractivity contribution is -0.104. The maximum atomic E-state index is 12.7. The molecule has 1 aromatic heterocycles. The fourth-order valence-corrected chi connectivity index (χ4v) is 3.65. The topological polar surface area (TPSA) is 39.1 Å². The predicted octanol–water partition coefficient (Wildman–Crippen LogP) is 5.91. The molecule has 0 radical (unpaired) electrons. The summed E-state index contributed by atoms with van der Waals surface area (Å²) in [6, 6.07) is 27.0. The number of aromatic nitrogens is 1. The number of ketones is 1. The van der Waals surface area contributed by atoms with Crippen molar-refractivity contribution in [3.05, 3.63) is 107 Å². The molecule has 0 aliphatic carbocycles. The summed E-state index contributed by atoms with van der Waals surface area (Å²) in [6.07, 6.45) is 2.33. The molecule has 0 aliphatic rings. The van der Waals surface area contributed by atoms with Crippen LogP contribution in [0.4, 0.5) is 0 Å². The van der Waals surface area contributed by atoms with Crippen molar-refractivity contribution in [2.24, 2.45) is 0 Å². The highest BCUT2D eigenvalue weighted by Gasteiger charge is 2.23. The third kappa shape index (κ3) is 3.91. The van der Waals surface area contributed by atoms with Gasteiger partial charge in [-0.25, -0.2) is 0 Å². The van der Waals surface area contributed by atoms with E-state index in [1.54, 1.807) is 0 Å². The van der Waals surface area contributed by atoms with E-state index in [4.69, 9.17) is 11.6 Å². The van der Waals surface area contributed by atoms with Gasteiger partial charge in [0, 0.05) is 28.9 Å². The Kier molecular flexibility index (Phi) is 5.41. The molecule has 1 heterocycles. The minimum Gasteiger partial charge on any atom is -0.339 e. The number of carbonyl (C=O) groups is 2. The van der Waals surface area contributed by atoms with Crippen LogP contribution in [0.2, 0.25) is 5.02 Å². The summed E-state index contributed by atoms with van der Waals surface area (Å²) in [5.41, 5.74) is 4.94. The van der Waals surface area contributed by atoms with Crippen molar-refractivity contribution in [1.29, 1.82) is 0 Å². The molecular formula is C25H18ClNO2. The van der Waals surface area contributed by atoms with Crippen molar-refractivity contribution < 1.29 is 9.59 Å². The quantitative estimate of drug-likeness (QED) is 0.230. The first-order chi connectivity index (χ1) is 14.2. The van der Waals surface area contributed by atoms with Gasteiger partial charge in [-0.2, -0.15) is 0 Å². The summed E-state index contributed by atoms with van der Waals surface area (Å²) in [6.45, 7) is 0.457. The number of rotatable bonds is 6. The van der Waals surface area contributed by atoms with Crippen LogP contribution in [0.15, 0.2) is 91.1 Å². The fourth-order valence-electron chi connectivity index (χ4n) is 3.52. The maximum absolute atomic E-state index is 12.7. The van der Waals surface area contributed by atoms with Crippen LogP contribution in [0.3, 0.4) is 0 Å². The van der Waals surface area contributed by atoms with Gasteiger partial charge in [-0.05, 0) is 28.8 Å². The number of nitrogens with zero attached hydrogens (tertiary/aromatic N) is 1. The number of hydrogen-bond donors (Lipinski definition) is 0. The van der Waals surface area contributed by atoms with Gasteiger partial charge in [-0.1, -0.05) is 84.4 Å². The van der Waals surface area contributed by atoms with Gasteiger partial charge in [0.2, 0.25) is 5.78 Å². The van der Waals surface area contributed by atoms with Crippen molar-refractivity contribution in [3.63, 3.8) is 0 Å². The molecule has 29 heavy (non-hydrogen) atoms. The third-order valence-corrected chi connectivity index (χ3v) is 5.08. The normalized spacial score (nSPS) is 10.7. The molecule has 0 N–H and O–H groups in total. The third-order valence-electron chi connectivity index (χ3n) is 4.83. The van der Waals surface area contributed by atoms with Crippen LogP contribution in [0, 0.1) is 0 Å². The Morgan fingerprint density at radius 2 is 1.41 bits per heavy atom. The minimum absolute atomic E-state index is 0.384. The molecule has 0 aliphatic heterocycles. The van der Waals surface area contributed by atoms with E-state index in [0.717, 1.165) is 27.8 Å². The zero-order valence-electron chi connectivity index (χ0n) is 15.6. The fraction of sp³-hybridized carbons (Fsp3) is 0.0400. The summed E-state index contributed by atoms with van der Waals surface area (Å²) < 4.78 is 1.85. The van der Waals surface area contributed by atoms with Crippen LogP contribution in [0.1, 0.15) is 16.1 Å². The number of carbonyl (C=O) groups excluding carboxylic acids is 2. The molecule has 3 nitrogen and oxygen atoms in total. The Hall–Kier alpha value is -3.43. The average Bonchev–Trinajstić information content (AvgIpc) is 3.15. The van der Waals surface area contributed by atoms with E-state index < -0.39 is 5.78 Å². The Morgan fingerprint density at radius 3 is 2.00 bits per heavy atom. The van der Waals surface area contributed by atoms with Gasteiger partial charge in [0.15, 0.2) is 6.29 Å². The monoisotopic (exact) mass is 399 g/mol. The first-order valence-electron chi connectivity index (χ1n) is 9.25. The molecule has 142 valence electrons. The van der Waals surface area contributed by atoms with Gasteiger partial charge < -0.3 is 4.57 Å². The van der Waals surface area contributed by atoms with E-state index in [1.807, 2.05) is 95.7 Å². The van der Waals surface area contributed by atoms with Crippen molar-refractivity contribution >= 4 is 23.7 Å². The zero-order valence-corrected chi connectivity index (χ0v) is 16.3. The Labute approximate surface area is 174 Å². The lowest BCUT2D eigenvalue weighted by Crippen LogP contribution is -2.11. The largest absolute Gasteiger partial charge is 0.339 e. The Balaban J connectivity index is 1.95. The van der Waals surface area contributed by atoms with Crippen LogP contribution in [0.25, 0.3) is 22.3 Å². The van der Waals surface area contributed by atoms with Crippen LogP contribution in [0.5, 0.6) is 0 Å². The van der Waals surface area contributed by atoms with Crippen LogP contribution in [-0.4, -0.2) is 16.6 Å². The predicted molar refractivity (Wildman–Crippen MR) is 116 cm³/mol. The maximum Gasteiger partial charge on any atom is 0.242 e. The number of benzene rings is 3. The highest BCUT2D eigenvalue weighted by atomic mass is 35.5. The molecule has 0 saturated carbocycles. The van der Waals surface area contributed by atoms with E-state index in [0.29, 0.717) is 23.5 Å². The molecule has 0 atom stereocenters. The molecule has 0 fully saturated rings. The smallest absolute Gasteiger partial charge is 0.242 e. The number of hydrogen-bond acceptors (Lipinski definition) is 2. The van der Waals surface area contributed by atoms with Crippen LogP contribution < -0.4 is 0 Å². The van der Waals surface area contributed by atoms with Gasteiger partial charge in [-0.3, -0.25) is 9.59 Å². The van der Waals surface area contributed by atoms with Crippen LogP contribution in [-0.2, 0) is 11.3 Å². The molecule has 4 aromatic rings. The molecule has 0 bridgehead atoms. The molecule has 4 rings (SSSR count). The second-order valence-corrected chi connectivity index (χ2v) is 7.17. The van der Waals surface area contributed by atoms with Gasteiger partial charge in [-0.15, -0.1) is 0 Å². The summed E-state index contributed by atoms with van der Waals surface area (Å²) in [5, 5.41) is 0.653. The highest BCUT2D eigenvalue weighted by molar-refractivity contribution is 6.35. The molecule has 0 amide bonds. The van der Waals surface area contributed by atoms with Crippen molar-refractivity contribution in [2.75, 3.05) is 0 Å². The Morgan fingerprint density at radius 1 is 0.828 bits per heavy atom. The van der Waals surface area contributed by atoms with E-state index >= 15 is 0 Å². The second-order valence-electron chi connectivity index (χ2n) is 6.73. The molecule has 0 unspecified atom stereocenters. The van der Waals surface area contributed by atoms with Crippen molar-refractivity contribution in [2.45, 2.75) is 6.54 Å². The summed E-state index contributed by atoms with van der Waals surface area (Å²) in [4.78, 5) is 24.2. The average molecular weight is 400 g/mol. The number of aldehydes is 1. The lowest BCUT2D eigenvalue weighted by atomic mass is 9.96. The standard InChI is InChI=1S/C25H18ClNO2/c26-21-13-11-18(12-14-21)15-27-16-22(19-7-3-1-4-8-19)24(25(27)23(29)17-28)20-9-5-2-6-10-20/h1-14,16-17H,15H2. The lowest BCUT2D eigenvalue weighted by Gasteiger charge is -2.10. The van der Waals surface area contributed by atoms with Crippen molar-refractivity contribution in [1.82, 2.24) is 4.57 Å². The van der Waals surface area contributed by atoms with E-state index in [1.165, 1.54) is 0 Å². The van der Waals surface area contributed by atoms with E-state index in [9.17, 15) is 9.59 Å². The first kappa shape index (κ1) is 18.9. The van der Waals surface area contributed by atoms with Gasteiger partial charge in [0.25, 0.3) is 0 Å². The molecule has 4 heteroatoms.